The van der Waals surface area contributed by atoms with Gasteiger partial charge in [-0.05, 0) is 50.3 Å². The minimum Gasteiger partial charge on any atom is -0.395 e. The van der Waals surface area contributed by atoms with E-state index in [9.17, 15) is 4.39 Å². The van der Waals surface area contributed by atoms with Crippen LogP contribution in [0, 0.1) is 17.7 Å². The van der Waals surface area contributed by atoms with E-state index in [-0.39, 0.29) is 12.4 Å². The van der Waals surface area contributed by atoms with E-state index >= 15 is 0 Å². The number of rotatable bonds is 3. The number of halogens is 1. The van der Waals surface area contributed by atoms with E-state index < -0.39 is 0 Å². The minimum absolute atomic E-state index is 0.0382. The molecule has 1 aromatic rings. The number of likely N-dealkylation sites (N-methyl/N-ethyl adjacent to an activating group) is 1. The van der Waals surface area contributed by atoms with Crippen LogP contribution in [0.4, 0.5) is 4.39 Å². The molecule has 0 atom stereocenters. The van der Waals surface area contributed by atoms with Crippen molar-refractivity contribution in [3.8, 4) is 11.8 Å². The number of hydrogen-bond donors (Lipinski definition) is 1. The van der Waals surface area contributed by atoms with E-state index in [1.807, 2.05) is 6.07 Å². The van der Waals surface area contributed by atoms with Gasteiger partial charge in [-0.2, -0.15) is 0 Å². The summed E-state index contributed by atoms with van der Waals surface area (Å²) in [6, 6.07) is 4.98. The molecule has 1 fully saturated rings. The van der Waals surface area contributed by atoms with Gasteiger partial charge in [0.1, 0.15) is 5.82 Å². The highest BCUT2D eigenvalue weighted by atomic mass is 19.1. The van der Waals surface area contributed by atoms with Crippen LogP contribution in [0.2, 0.25) is 0 Å². The first-order valence-electron chi connectivity index (χ1n) is 7.47. The first kappa shape index (κ1) is 16.0. The lowest BCUT2D eigenvalue weighted by molar-refractivity contribution is 0.269. The molecule has 0 radical (unpaired) electrons. The van der Waals surface area contributed by atoms with Crippen LogP contribution in [0.1, 0.15) is 24.0 Å². The molecule has 2 rings (SSSR count). The molecule has 1 aliphatic rings. The third-order valence-corrected chi connectivity index (χ3v) is 3.65. The fourth-order valence-electron chi connectivity index (χ4n) is 2.55. The smallest absolute Gasteiger partial charge is 0.124 e. The molecule has 1 N–H and O–H groups in total. The van der Waals surface area contributed by atoms with Crippen LogP contribution >= 0.6 is 0 Å². The standard InChI is InChI=1S/C17H23FN2O/c1-19-6-4-7-20(9-8-19)14-16-11-15(5-2-3-10-21)12-17(18)13-16/h11-13,21H,3-4,6-10,14H2,1H3. The Hall–Kier alpha value is -1.41. The van der Waals surface area contributed by atoms with Gasteiger partial charge in [-0.25, -0.2) is 4.39 Å². The maximum Gasteiger partial charge on any atom is 0.124 e. The molecule has 0 aromatic heterocycles. The fourth-order valence-corrected chi connectivity index (χ4v) is 2.55. The Balaban J connectivity index is 2.04. The number of aliphatic hydroxyl groups is 1. The quantitative estimate of drug-likeness (QED) is 0.858. The molecule has 0 saturated carbocycles. The van der Waals surface area contributed by atoms with Crippen molar-refractivity contribution in [2.45, 2.75) is 19.4 Å². The van der Waals surface area contributed by atoms with Gasteiger partial charge in [0.2, 0.25) is 0 Å². The molecule has 4 heteroatoms. The normalized spacial score (nSPS) is 17.1. The highest BCUT2D eigenvalue weighted by Gasteiger charge is 2.12. The highest BCUT2D eigenvalue weighted by Crippen LogP contribution is 2.13. The zero-order valence-corrected chi connectivity index (χ0v) is 12.6. The topological polar surface area (TPSA) is 26.7 Å². The summed E-state index contributed by atoms with van der Waals surface area (Å²) in [6.07, 6.45) is 1.57. The van der Waals surface area contributed by atoms with Crippen molar-refractivity contribution in [2.24, 2.45) is 0 Å². The van der Waals surface area contributed by atoms with Crippen LogP contribution in [0.25, 0.3) is 0 Å². The van der Waals surface area contributed by atoms with Gasteiger partial charge in [-0.15, -0.1) is 0 Å². The van der Waals surface area contributed by atoms with Gasteiger partial charge in [0.15, 0.2) is 0 Å². The Labute approximate surface area is 126 Å². The van der Waals surface area contributed by atoms with E-state index in [1.165, 1.54) is 6.07 Å². The largest absolute Gasteiger partial charge is 0.395 e. The molecule has 1 saturated heterocycles. The van der Waals surface area contributed by atoms with E-state index in [0.717, 1.165) is 44.7 Å². The van der Waals surface area contributed by atoms with Gasteiger partial charge < -0.3 is 10.0 Å². The Morgan fingerprint density at radius 3 is 2.86 bits per heavy atom. The van der Waals surface area contributed by atoms with Crippen molar-refractivity contribution < 1.29 is 9.50 Å². The molecular weight excluding hydrogens is 267 g/mol. The average molecular weight is 290 g/mol. The van der Waals surface area contributed by atoms with Crippen molar-refractivity contribution in [3.05, 3.63) is 35.1 Å². The van der Waals surface area contributed by atoms with Crippen LogP contribution in [-0.2, 0) is 6.54 Å². The Morgan fingerprint density at radius 1 is 1.19 bits per heavy atom. The lowest BCUT2D eigenvalue weighted by atomic mass is 10.1. The second-order valence-corrected chi connectivity index (χ2v) is 5.56. The Kier molecular flexibility index (Phi) is 6.19. The highest BCUT2D eigenvalue weighted by molar-refractivity contribution is 5.37. The number of benzene rings is 1. The molecule has 0 unspecified atom stereocenters. The Morgan fingerprint density at radius 2 is 2.05 bits per heavy atom. The minimum atomic E-state index is -0.243. The van der Waals surface area contributed by atoms with E-state index in [1.54, 1.807) is 6.07 Å². The van der Waals surface area contributed by atoms with Crippen molar-refractivity contribution in [2.75, 3.05) is 39.8 Å². The molecule has 114 valence electrons. The van der Waals surface area contributed by atoms with Gasteiger partial charge in [0, 0.05) is 31.6 Å². The van der Waals surface area contributed by atoms with Gasteiger partial charge in [0.25, 0.3) is 0 Å². The van der Waals surface area contributed by atoms with Crippen LogP contribution in [0.3, 0.4) is 0 Å². The maximum absolute atomic E-state index is 13.7. The van der Waals surface area contributed by atoms with Crippen molar-refractivity contribution >= 4 is 0 Å². The average Bonchev–Trinajstić information content (AvgIpc) is 2.63. The summed E-state index contributed by atoms with van der Waals surface area (Å²) in [5.41, 5.74) is 1.65. The molecule has 1 aromatic carbocycles. The fraction of sp³-hybridized carbons (Fsp3) is 0.529. The SMILES string of the molecule is CN1CCCN(Cc2cc(F)cc(C#CCCO)c2)CC1. The summed E-state index contributed by atoms with van der Waals surface area (Å²) in [4.78, 5) is 4.70. The first-order chi connectivity index (χ1) is 10.2. The van der Waals surface area contributed by atoms with E-state index in [0.29, 0.717) is 12.0 Å². The molecule has 0 amide bonds. The van der Waals surface area contributed by atoms with Crippen molar-refractivity contribution in [1.29, 1.82) is 0 Å². The predicted molar refractivity (Wildman–Crippen MR) is 82.4 cm³/mol. The lowest BCUT2D eigenvalue weighted by Gasteiger charge is -2.20. The summed E-state index contributed by atoms with van der Waals surface area (Å²) >= 11 is 0. The van der Waals surface area contributed by atoms with Gasteiger partial charge >= 0.3 is 0 Å². The summed E-state index contributed by atoms with van der Waals surface area (Å²) in [5.74, 6) is 5.50. The Bertz CT molecular complexity index is 521. The van der Waals surface area contributed by atoms with Crippen LogP contribution < -0.4 is 0 Å². The van der Waals surface area contributed by atoms with Gasteiger partial charge in [-0.1, -0.05) is 11.8 Å². The summed E-state index contributed by atoms with van der Waals surface area (Å²) in [6.45, 7) is 5.04. The van der Waals surface area contributed by atoms with Crippen molar-refractivity contribution in [3.63, 3.8) is 0 Å². The molecule has 0 aliphatic carbocycles. The zero-order valence-electron chi connectivity index (χ0n) is 12.6. The molecule has 1 heterocycles. The molecule has 1 aliphatic heterocycles. The second kappa shape index (κ2) is 8.14. The molecule has 0 bridgehead atoms. The molecule has 3 nitrogen and oxygen atoms in total. The number of hydrogen-bond acceptors (Lipinski definition) is 3. The van der Waals surface area contributed by atoms with E-state index in [4.69, 9.17) is 5.11 Å². The monoisotopic (exact) mass is 290 g/mol. The lowest BCUT2D eigenvalue weighted by Crippen LogP contribution is -2.28. The molecular formula is C17H23FN2O. The number of nitrogens with zero attached hydrogens (tertiary/aromatic N) is 2. The summed E-state index contributed by atoms with van der Waals surface area (Å²) < 4.78 is 13.7. The van der Waals surface area contributed by atoms with Crippen LogP contribution in [-0.4, -0.2) is 54.7 Å². The van der Waals surface area contributed by atoms with Crippen molar-refractivity contribution in [1.82, 2.24) is 9.80 Å². The van der Waals surface area contributed by atoms with Gasteiger partial charge in [-0.3, -0.25) is 4.90 Å². The predicted octanol–water partition coefficient (Wildman–Crippen LogP) is 1.70. The zero-order chi connectivity index (χ0) is 15.1. The third-order valence-electron chi connectivity index (χ3n) is 3.65. The second-order valence-electron chi connectivity index (χ2n) is 5.56. The van der Waals surface area contributed by atoms with Gasteiger partial charge in [0.05, 0.1) is 6.61 Å². The van der Waals surface area contributed by atoms with Crippen LogP contribution in [0.5, 0.6) is 0 Å². The first-order valence-corrected chi connectivity index (χ1v) is 7.47. The summed E-state index contributed by atoms with van der Waals surface area (Å²) in [5, 5.41) is 8.73. The number of aliphatic hydroxyl groups excluding tert-OH is 1. The molecule has 0 spiro atoms. The van der Waals surface area contributed by atoms with E-state index in [2.05, 4.69) is 28.7 Å². The molecule has 21 heavy (non-hydrogen) atoms. The van der Waals surface area contributed by atoms with Crippen LogP contribution in [0.15, 0.2) is 18.2 Å². The third kappa shape index (κ3) is 5.47. The summed E-state index contributed by atoms with van der Waals surface area (Å²) in [7, 11) is 2.14. The maximum atomic E-state index is 13.7.